The fourth-order valence-electron chi connectivity index (χ4n) is 2.63. The van der Waals surface area contributed by atoms with Crippen LogP contribution in [0.5, 0.6) is 5.75 Å². The van der Waals surface area contributed by atoms with E-state index in [0.29, 0.717) is 12.0 Å². The normalized spacial score (nSPS) is 11.0. The number of aliphatic hydroxyl groups is 1. The second-order valence-electron chi connectivity index (χ2n) is 5.54. The number of hydrogen-bond acceptors (Lipinski definition) is 5. The van der Waals surface area contributed by atoms with Crippen molar-refractivity contribution in [2.24, 2.45) is 4.99 Å². The molecule has 0 aromatic heterocycles. The van der Waals surface area contributed by atoms with Crippen LogP contribution < -0.4 is 0 Å². The molecule has 0 unspecified atom stereocenters. The molecule has 3 rings (SSSR count). The van der Waals surface area contributed by atoms with E-state index in [1.165, 1.54) is 6.21 Å². The van der Waals surface area contributed by atoms with Crippen molar-refractivity contribution in [2.45, 2.75) is 12.5 Å². The number of phenolic OH excluding ortho intramolecular Hbond substituents is 1. The van der Waals surface area contributed by atoms with Gasteiger partial charge in [-0.1, -0.05) is 60.7 Å². The van der Waals surface area contributed by atoms with Crippen LogP contribution in [0.15, 0.2) is 71.7 Å². The molecule has 145 valence electrons. The third kappa shape index (κ3) is 6.42. The van der Waals surface area contributed by atoms with Gasteiger partial charge in [0.05, 0.1) is 0 Å². The fraction of sp³-hybridized carbons (Fsp3) is 0.143. The van der Waals surface area contributed by atoms with Gasteiger partial charge in [-0.05, 0) is 22.4 Å². The molecule has 0 amide bonds. The van der Waals surface area contributed by atoms with Crippen LogP contribution in [-0.4, -0.2) is 40.7 Å². The Hall–Kier alpha value is -2.80. The number of aliphatic hydroxyl groups excluding tert-OH is 1. The molecule has 3 aromatic rings. The van der Waals surface area contributed by atoms with Gasteiger partial charge in [-0.2, -0.15) is 0 Å². The zero-order valence-corrected chi connectivity index (χ0v) is 16.7. The summed E-state index contributed by atoms with van der Waals surface area (Å²) < 4.78 is 8.19. The summed E-state index contributed by atoms with van der Waals surface area (Å²) in [4.78, 5) is 15.7. The molecule has 0 saturated carbocycles. The molecule has 0 aliphatic heterocycles. The Labute approximate surface area is 172 Å². The van der Waals surface area contributed by atoms with Crippen LogP contribution in [-0.2, 0) is 32.3 Å². The van der Waals surface area contributed by atoms with Gasteiger partial charge in [0, 0.05) is 25.3 Å². The topological polar surface area (TPSA) is 107 Å². The van der Waals surface area contributed by atoms with Crippen molar-refractivity contribution in [2.75, 3.05) is 7.11 Å². The maximum atomic E-state index is 11.5. The third-order valence-electron chi connectivity index (χ3n) is 3.89. The molecule has 0 heterocycles. The van der Waals surface area contributed by atoms with E-state index in [1.807, 2.05) is 60.7 Å². The molecule has 0 fully saturated rings. The predicted molar refractivity (Wildman–Crippen MR) is 104 cm³/mol. The molecule has 3 N–H and O–H groups in total. The summed E-state index contributed by atoms with van der Waals surface area (Å²) in [5.41, 5.74) is 1.44. The van der Waals surface area contributed by atoms with Crippen molar-refractivity contribution in [1.82, 2.24) is 0 Å². The Morgan fingerprint density at radius 3 is 2.25 bits per heavy atom. The predicted octanol–water partition coefficient (Wildman–Crippen LogP) is 3.15. The number of aliphatic imine (C=N–C) groups is 1. The van der Waals surface area contributed by atoms with E-state index in [9.17, 15) is 15.0 Å². The number of benzene rings is 3. The molecule has 0 aliphatic rings. The van der Waals surface area contributed by atoms with Gasteiger partial charge in [-0.15, -0.1) is 0 Å². The SMILES string of the molecule is CO.O=C(O)[C@@H](Cc1ccccc1)N=Cc1c(O)ccc2ccccc12.[O]=[V]. The maximum absolute atomic E-state index is 11.5. The van der Waals surface area contributed by atoms with Crippen molar-refractivity contribution in [1.29, 1.82) is 0 Å². The van der Waals surface area contributed by atoms with E-state index in [1.54, 1.807) is 6.07 Å². The van der Waals surface area contributed by atoms with Crippen LogP contribution >= 0.6 is 0 Å². The Morgan fingerprint density at radius 1 is 1.00 bits per heavy atom. The summed E-state index contributed by atoms with van der Waals surface area (Å²) in [6.45, 7) is 0. The van der Waals surface area contributed by atoms with Crippen molar-refractivity contribution in [3.8, 4) is 5.75 Å². The molecule has 0 aliphatic carbocycles. The van der Waals surface area contributed by atoms with E-state index in [-0.39, 0.29) is 5.75 Å². The van der Waals surface area contributed by atoms with E-state index in [2.05, 4.69) is 4.99 Å². The Kier molecular flexibility index (Phi) is 10.4. The summed E-state index contributed by atoms with van der Waals surface area (Å²) in [6, 6.07) is 19.5. The first-order valence-corrected chi connectivity index (χ1v) is 8.86. The van der Waals surface area contributed by atoms with E-state index in [0.717, 1.165) is 40.8 Å². The minimum atomic E-state index is -0.991. The number of fused-ring (bicyclic) bond motifs is 1. The summed E-state index contributed by atoms with van der Waals surface area (Å²) in [7, 11) is 1.00. The van der Waals surface area contributed by atoms with Gasteiger partial charge in [-0.3, -0.25) is 4.99 Å². The molecule has 1 atom stereocenters. The summed E-state index contributed by atoms with van der Waals surface area (Å²) in [5.74, 6) is -0.906. The van der Waals surface area contributed by atoms with Crippen LogP contribution in [0.1, 0.15) is 11.1 Å². The first kappa shape index (κ1) is 23.2. The van der Waals surface area contributed by atoms with Crippen LogP contribution in [0.3, 0.4) is 0 Å². The van der Waals surface area contributed by atoms with Gasteiger partial charge in [0.1, 0.15) is 5.75 Å². The van der Waals surface area contributed by atoms with E-state index in [4.69, 9.17) is 8.78 Å². The van der Waals surface area contributed by atoms with Gasteiger partial charge in [0.2, 0.25) is 0 Å². The molecule has 0 radical (unpaired) electrons. The van der Waals surface area contributed by atoms with Crippen molar-refractivity contribution < 1.29 is 41.2 Å². The zero-order chi connectivity index (χ0) is 20.9. The first-order chi connectivity index (χ1) is 13.6. The van der Waals surface area contributed by atoms with Gasteiger partial charge in [0.15, 0.2) is 6.04 Å². The van der Waals surface area contributed by atoms with E-state index < -0.39 is 12.0 Å². The number of aliphatic carboxylic acids is 1. The first-order valence-electron chi connectivity index (χ1n) is 8.29. The average molecular weight is 418 g/mol. The minimum absolute atomic E-state index is 0.0845. The van der Waals surface area contributed by atoms with E-state index >= 15 is 0 Å². The molecule has 7 heteroatoms. The zero-order valence-electron chi connectivity index (χ0n) is 15.3. The van der Waals surface area contributed by atoms with Crippen LogP contribution in [0.4, 0.5) is 0 Å². The Balaban J connectivity index is 0.000000921. The number of aromatic hydroxyl groups is 1. The quantitative estimate of drug-likeness (QED) is 0.552. The Morgan fingerprint density at radius 2 is 1.61 bits per heavy atom. The van der Waals surface area contributed by atoms with Gasteiger partial charge in [0.25, 0.3) is 0 Å². The second kappa shape index (κ2) is 12.6. The van der Waals surface area contributed by atoms with Gasteiger partial charge < -0.3 is 15.3 Å². The molecule has 0 saturated heterocycles. The fourth-order valence-corrected chi connectivity index (χ4v) is 2.63. The van der Waals surface area contributed by atoms with Crippen LogP contribution in [0.2, 0.25) is 0 Å². The Bertz CT molecular complexity index is 915. The number of rotatable bonds is 5. The van der Waals surface area contributed by atoms with Crippen molar-refractivity contribution in [3.05, 3.63) is 77.9 Å². The van der Waals surface area contributed by atoms with Crippen LogP contribution in [0, 0.1) is 0 Å². The number of hydrogen-bond donors (Lipinski definition) is 3. The standard InChI is InChI=1S/C20H17NO3.CH4O.O.V/c22-19-11-10-15-8-4-5-9-16(15)17(19)13-21-18(20(23)24)12-14-6-2-1-3-7-14;1-2;;/h1-11,13,18,22H,12H2,(H,23,24);2H,1H3;;/t18-;;;/m1.../s1. The van der Waals surface area contributed by atoms with Gasteiger partial charge in [-0.25, -0.2) is 4.79 Å². The molecular formula is C21H21NO5V. The van der Waals surface area contributed by atoms with Crippen LogP contribution in [0.25, 0.3) is 10.8 Å². The molecular weight excluding hydrogens is 397 g/mol. The molecule has 6 nitrogen and oxygen atoms in total. The van der Waals surface area contributed by atoms with Crippen molar-refractivity contribution >= 4 is 23.0 Å². The second-order valence-corrected chi connectivity index (χ2v) is 5.54. The third-order valence-corrected chi connectivity index (χ3v) is 3.89. The summed E-state index contributed by atoms with van der Waals surface area (Å²) in [6.07, 6.45) is 1.76. The molecule has 3 aromatic carbocycles. The molecule has 0 spiro atoms. The summed E-state index contributed by atoms with van der Waals surface area (Å²) in [5, 5.41) is 28.3. The number of carboxylic acids is 1. The number of carboxylic acid groups (broad SMARTS) is 1. The molecule has 28 heavy (non-hydrogen) atoms. The number of phenols is 1. The van der Waals surface area contributed by atoms with Gasteiger partial charge >= 0.3 is 27.0 Å². The molecule has 0 bridgehead atoms. The number of nitrogens with zero attached hydrogens (tertiary/aromatic N) is 1. The monoisotopic (exact) mass is 418 g/mol. The number of carbonyl (C=O) groups is 1. The summed E-state index contributed by atoms with van der Waals surface area (Å²) >= 11 is 1.06. The van der Waals surface area contributed by atoms with Crippen molar-refractivity contribution in [3.63, 3.8) is 0 Å². The average Bonchev–Trinajstić information content (AvgIpc) is 2.75.